The molecule has 1 heterocycles. The Morgan fingerprint density at radius 1 is 1.00 bits per heavy atom. The quantitative estimate of drug-likeness (QED) is 0.754. The van der Waals surface area contributed by atoms with E-state index in [0.717, 1.165) is 6.54 Å². The van der Waals surface area contributed by atoms with Gasteiger partial charge in [-0.2, -0.15) is 0 Å². The van der Waals surface area contributed by atoms with Crippen molar-refractivity contribution in [3.05, 3.63) is 54.7 Å². The molecule has 3 rings (SSSR count). The molecule has 2 aromatic rings. The van der Waals surface area contributed by atoms with Crippen LogP contribution in [0.5, 0.6) is 0 Å². The molecule has 0 aliphatic carbocycles. The Morgan fingerprint density at radius 3 is 2.73 bits per heavy atom. The summed E-state index contributed by atoms with van der Waals surface area (Å²) in [5, 5.41) is 4.71. The molecule has 0 spiro atoms. The summed E-state index contributed by atoms with van der Waals surface area (Å²) in [5.74, 6) is 0. The zero-order valence-electron chi connectivity index (χ0n) is 8.35. The first kappa shape index (κ1) is 8.36. The fourth-order valence-corrected chi connectivity index (χ4v) is 1.97. The molecule has 0 unspecified atom stereocenters. The maximum Gasteiger partial charge on any atom is 0.0653 e. The van der Waals surface area contributed by atoms with Gasteiger partial charge < -0.3 is 5.43 Å². The Kier molecular flexibility index (Phi) is 1.85. The summed E-state index contributed by atoms with van der Waals surface area (Å²) in [5.41, 5.74) is 4.45. The minimum atomic E-state index is 0.925. The first-order chi connectivity index (χ1) is 7.45. The van der Waals surface area contributed by atoms with Gasteiger partial charge in [0, 0.05) is 11.6 Å². The topological polar surface area (TPSA) is 15.3 Å². The van der Waals surface area contributed by atoms with Crippen LogP contribution in [0.4, 0.5) is 5.69 Å². The van der Waals surface area contributed by atoms with Crippen molar-refractivity contribution >= 4 is 16.5 Å². The Morgan fingerprint density at radius 2 is 1.87 bits per heavy atom. The number of anilines is 1. The molecule has 2 aromatic carbocycles. The van der Waals surface area contributed by atoms with Gasteiger partial charge in [0.15, 0.2) is 0 Å². The zero-order chi connectivity index (χ0) is 10.1. The lowest BCUT2D eigenvalue weighted by Crippen LogP contribution is -2.29. The Bertz CT molecular complexity index is 503. The molecule has 0 saturated carbocycles. The van der Waals surface area contributed by atoms with E-state index in [0.29, 0.717) is 0 Å². The largest absolute Gasteiger partial charge is 0.306 e. The van der Waals surface area contributed by atoms with E-state index < -0.39 is 0 Å². The van der Waals surface area contributed by atoms with E-state index in [1.54, 1.807) is 0 Å². The Labute approximate surface area is 88.8 Å². The third-order valence-corrected chi connectivity index (χ3v) is 2.69. The highest BCUT2D eigenvalue weighted by Gasteiger charge is 2.09. The van der Waals surface area contributed by atoms with E-state index in [2.05, 4.69) is 59.0 Å². The van der Waals surface area contributed by atoms with E-state index in [9.17, 15) is 0 Å². The van der Waals surface area contributed by atoms with Crippen LogP contribution >= 0.6 is 0 Å². The van der Waals surface area contributed by atoms with Crippen LogP contribution in [-0.2, 0) is 0 Å². The summed E-state index contributed by atoms with van der Waals surface area (Å²) in [4.78, 5) is 0. The van der Waals surface area contributed by atoms with Crippen molar-refractivity contribution in [2.75, 3.05) is 11.6 Å². The van der Waals surface area contributed by atoms with Crippen LogP contribution in [0.2, 0.25) is 0 Å². The summed E-state index contributed by atoms with van der Waals surface area (Å²) in [6.07, 6.45) is 4.09. The smallest absolute Gasteiger partial charge is 0.0653 e. The van der Waals surface area contributed by atoms with Gasteiger partial charge in [-0.05, 0) is 17.5 Å². The van der Waals surface area contributed by atoms with E-state index in [4.69, 9.17) is 0 Å². The van der Waals surface area contributed by atoms with Crippen molar-refractivity contribution in [1.29, 1.82) is 0 Å². The van der Waals surface area contributed by atoms with Gasteiger partial charge in [-0.3, -0.25) is 5.01 Å². The van der Waals surface area contributed by atoms with Crippen molar-refractivity contribution in [2.24, 2.45) is 0 Å². The van der Waals surface area contributed by atoms with Gasteiger partial charge in [0.05, 0.1) is 12.2 Å². The molecule has 2 heteroatoms. The van der Waals surface area contributed by atoms with Gasteiger partial charge in [-0.15, -0.1) is 0 Å². The second-order valence-electron chi connectivity index (χ2n) is 3.64. The molecule has 0 amide bonds. The first-order valence-electron chi connectivity index (χ1n) is 5.12. The molecule has 2 nitrogen and oxygen atoms in total. The second-order valence-corrected chi connectivity index (χ2v) is 3.64. The first-order valence-corrected chi connectivity index (χ1v) is 5.12. The fraction of sp³-hybridized carbons (Fsp3) is 0.0769. The molecule has 1 aliphatic rings. The highest BCUT2D eigenvalue weighted by Crippen LogP contribution is 2.26. The van der Waals surface area contributed by atoms with Crippen LogP contribution in [0.15, 0.2) is 54.7 Å². The van der Waals surface area contributed by atoms with Crippen molar-refractivity contribution in [3.8, 4) is 0 Å². The van der Waals surface area contributed by atoms with Crippen LogP contribution in [-0.4, -0.2) is 6.54 Å². The minimum absolute atomic E-state index is 0.925. The number of hydrogen-bond donors (Lipinski definition) is 1. The van der Waals surface area contributed by atoms with Gasteiger partial charge in [0.2, 0.25) is 0 Å². The van der Waals surface area contributed by atoms with Gasteiger partial charge >= 0.3 is 0 Å². The predicted molar refractivity (Wildman–Crippen MR) is 63.6 cm³/mol. The summed E-state index contributed by atoms with van der Waals surface area (Å²) < 4.78 is 0. The normalized spacial score (nSPS) is 14.5. The van der Waals surface area contributed by atoms with Crippen LogP contribution in [0.3, 0.4) is 0 Å². The molecule has 0 radical (unpaired) electrons. The molecule has 74 valence electrons. The molecule has 1 N–H and O–H groups in total. The number of rotatable bonds is 1. The molecule has 1 aliphatic heterocycles. The average molecular weight is 196 g/mol. The number of hydrogen-bond acceptors (Lipinski definition) is 2. The monoisotopic (exact) mass is 196 g/mol. The molecule has 0 bridgehead atoms. The van der Waals surface area contributed by atoms with Crippen LogP contribution in [0.25, 0.3) is 10.8 Å². The van der Waals surface area contributed by atoms with Gasteiger partial charge in [0.25, 0.3) is 0 Å². The number of nitrogens with one attached hydrogen (secondary N) is 1. The van der Waals surface area contributed by atoms with E-state index in [1.807, 2.05) is 6.20 Å². The van der Waals surface area contributed by atoms with Crippen molar-refractivity contribution in [2.45, 2.75) is 0 Å². The third kappa shape index (κ3) is 1.34. The molecular formula is C13H12N2. The Hall–Kier alpha value is -1.96. The highest BCUT2D eigenvalue weighted by atomic mass is 15.5. The predicted octanol–water partition coefficient (Wildman–Crippen LogP) is 2.68. The number of hydrazine groups is 1. The number of nitrogens with zero attached hydrogens (tertiary/aromatic N) is 1. The third-order valence-electron chi connectivity index (χ3n) is 2.69. The van der Waals surface area contributed by atoms with Gasteiger partial charge in [0.1, 0.15) is 0 Å². The summed E-state index contributed by atoms with van der Waals surface area (Å²) in [7, 11) is 0. The van der Waals surface area contributed by atoms with Crippen LogP contribution in [0, 0.1) is 0 Å². The molecule has 0 aromatic heterocycles. The lowest BCUT2D eigenvalue weighted by Gasteiger charge is -2.20. The van der Waals surface area contributed by atoms with Crippen LogP contribution in [0.1, 0.15) is 0 Å². The Balaban J connectivity index is 2.17. The van der Waals surface area contributed by atoms with Gasteiger partial charge in [-0.1, -0.05) is 36.4 Å². The SMILES string of the molecule is C1=CNN(c2cccc3ccccc23)C1. The summed E-state index contributed by atoms with van der Waals surface area (Å²) in [6, 6.07) is 14.8. The molecule has 0 fully saturated rings. The molecule has 0 atom stereocenters. The minimum Gasteiger partial charge on any atom is -0.306 e. The standard InChI is InChI=1S/C13H12N2/c1-2-7-12-11(5-1)6-3-8-13(12)15-10-4-9-14-15/h1-9,14H,10H2. The van der Waals surface area contributed by atoms with Crippen molar-refractivity contribution < 1.29 is 0 Å². The maximum atomic E-state index is 3.22. The van der Waals surface area contributed by atoms with E-state index in [1.165, 1.54) is 16.5 Å². The average Bonchev–Trinajstić information content (AvgIpc) is 2.82. The van der Waals surface area contributed by atoms with Crippen molar-refractivity contribution in [1.82, 2.24) is 5.43 Å². The van der Waals surface area contributed by atoms with Gasteiger partial charge in [-0.25, -0.2) is 0 Å². The molecule has 15 heavy (non-hydrogen) atoms. The summed E-state index contributed by atoms with van der Waals surface area (Å²) in [6.45, 7) is 0.925. The number of fused-ring (bicyclic) bond motifs is 1. The lowest BCUT2D eigenvalue weighted by atomic mass is 10.1. The summed E-state index contributed by atoms with van der Waals surface area (Å²) >= 11 is 0. The van der Waals surface area contributed by atoms with E-state index in [-0.39, 0.29) is 0 Å². The molecular weight excluding hydrogens is 184 g/mol. The second kappa shape index (κ2) is 3.31. The maximum absolute atomic E-state index is 3.22. The number of benzene rings is 2. The lowest BCUT2D eigenvalue weighted by molar-refractivity contribution is 0.845. The highest BCUT2D eigenvalue weighted by molar-refractivity contribution is 5.94. The molecule has 0 saturated heterocycles. The van der Waals surface area contributed by atoms with Crippen LogP contribution < -0.4 is 10.4 Å². The van der Waals surface area contributed by atoms with E-state index >= 15 is 0 Å². The fourth-order valence-electron chi connectivity index (χ4n) is 1.97. The zero-order valence-corrected chi connectivity index (χ0v) is 8.35. The van der Waals surface area contributed by atoms with Crippen molar-refractivity contribution in [3.63, 3.8) is 0 Å².